The minimum Gasteiger partial charge on any atom is -0.455 e. The summed E-state index contributed by atoms with van der Waals surface area (Å²) in [5, 5.41) is 0. The third kappa shape index (κ3) is 2.55. The minimum absolute atomic E-state index is 0.165. The van der Waals surface area contributed by atoms with Gasteiger partial charge in [-0.1, -0.05) is 33.3 Å². The lowest BCUT2D eigenvalue weighted by atomic mass is 9.74. The second kappa shape index (κ2) is 5.44. The van der Waals surface area contributed by atoms with E-state index in [0.717, 1.165) is 24.7 Å². The maximum atomic E-state index is 12.2. The number of hydrogen-bond acceptors (Lipinski definition) is 2. The Morgan fingerprint density at radius 3 is 2.52 bits per heavy atom. The Kier molecular flexibility index (Phi) is 3.92. The second-order valence-electron chi connectivity index (χ2n) is 8.07. The molecule has 0 aromatic heterocycles. The molecule has 3 saturated carbocycles. The van der Waals surface area contributed by atoms with Crippen LogP contribution in [-0.4, -0.2) is 11.6 Å². The molecule has 0 N–H and O–H groups in total. The molecule has 0 heterocycles. The van der Waals surface area contributed by atoms with Crippen LogP contribution in [0.5, 0.6) is 0 Å². The fraction of sp³-hybridized carbons (Fsp3) is 0.842. The number of rotatable bonds is 4. The molecular formula is C19H30O2. The molecule has 2 nitrogen and oxygen atoms in total. The highest BCUT2D eigenvalue weighted by molar-refractivity contribution is 5.87. The van der Waals surface area contributed by atoms with Gasteiger partial charge in [-0.2, -0.15) is 0 Å². The van der Waals surface area contributed by atoms with Crippen molar-refractivity contribution < 1.29 is 9.53 Å². The molecule has 2 bridgehead atoms. The first-order chi connectivity index (χ1) is 9.95. The van der Waals surface area contributed by atoms with E-state index in [4.69, 9.17) is 4.74 Å². The maximum Gasteiger partial charge on any atom is 0.333 e. The molecule has 3 rings (SSSR count). The van der Waals surface area contributed by atoms with E-state index in [1.807, 2.05) is 0 Å². The van der Waals surface area contributed by atoms with Crippen LogP contribution in [0.15, 0.2) is 12.2 Å². The van der Waals surface area contributed by atoms with Crippen molar-refractivity contribution in [2.75, 3.05) is 0 Å². The van der Waals surface area contributed by atoms with Gasteiger partial charge in [0.2, 0.25) is 0 Å². The normalized spacial score (nSPS) is 45.0. The van der Waals surface area contributed by atoms with Crippen molar-refractivity contribution in [3.63, 3.8) is 0 Å². The number of hydrogen-bond donors (Lipinski definition) is 0. The fourth-order valence-electron chi connectivity index (χ4n) is 5.61. The number of carbonyl (C=O) groups is 1. The fourth-order valence-corrected chi connectivity index (χ4v) is 5.61. The largest absolute Gasteiger partial charge is 0.455 e. The van der Waals surface area contributed by atoms with Gasteiger partial charge in [-0.05, 0) is 62.7 Å². The Morgan fingerprint density at radius 1 is 1.29 bits per heavy atom. The van der Waals surface area contributed by atoms with Crippen LogP contribution in [0.3, 0.4) is 0 Å². The van der Waals surface area contributed by atoms with Gasteiger partial charge >= 0.3 is 5.97 Å². The molecule has 0 aliphatic heterocycles. The Labute approximate surface area is 129 Å². The van der Waals surface area contributed by atoms with E-state index in [1.54, 1.807) is 6.92 Å². The molecule has 0 aromatic carbocycles. The van der Waals surface area contributed by atoms with Gasteiger partial charge in [0.05, 0.1) is 0 Å². The van der Waals surface area contributed by atoms with Gasteiger partial charge in [-0.15, -0.1) is 0 Å². The van der Waals surface area contributed by atoms with Crippen molar-refractivity contribution in [2.24, 2.45) is 29.6 Å². The summed E-state index contributed by atoms with van der Waals surface area (Å²) in [4.78, 5) is 12.2. The lowest BCUT2D eigenvalue weighted by molar-refractivity contribution is -0.164. The van der Waals surface area contributed by atoms with Crippen LogP contribution in [0.4, 0.5) is 0 Å². The second-order valence-corrected chi connectivity index (χ2v) is 8.07. The van der Waals surface area contributed by atoms with Crippen molar-refractivity contribution in [3.8, 4) is 0 Å². The maximum absolute atomic E-state index is 12.2. The summed E-state index contributed by atoms with van der Waals surface area (Å²) >= 11 is 0. The zero-order valence-electron chi connectivity index (χ0n) is 13.9. The Morgan fingerprint density at radius 2 is 2.05 bits per heavy atom. The zero-order chi connectivity index (χ0) is 15.2. The molecule has 0 spiro atoms. The van der Waals surface area contributed by atoms with Gasteiger partial charge in [-0.3, -0.25) is 0 Å². The van der Waals surface area contributed by atoms with E-state index in [-0.39, 0.29) is 11.6 Å². The molecule has 3 aliphatic rings. The molecule has 0 aromatic rings. The van der Waals surface area contributed by atoms with Gasteiger partial charge < -0.3 is 4.74 Å². The lowest BCUT2D eigenvalue weighted by Gasteiger charge is -2.40. The van der Waals surface area contributed by atoms with E-state index in [9.17, 15) is 4.79 Å². The molecular weight excluding hydrogens is 260 g/mol. The van der Waals surface area contributed by atoms with Crippen molar-refractivity contribution in [1.82, 2.24) is 0 Å². The summed E-state index contributed by atoms with van der Waals surface area (Å²) in [6, 6.07) is 0. The van der Waals surface area contributed by atoms with Crippen molar-refractivity contribution in [2.45, 2.75) is 71.3 Å². The molecule has 2 heteroatoms. The summed E-state index contributed by atoms with van der Waals surface area (Å²) in [5.41, 5.74) is 0.362. The molecule has 0 radical (unpaired) electrons. The minimum atomic E-state index is -0.185. The van der Waals surface area contributed by atoms with Crippen molar-refractivity contribution >= 4 is 5.97 Å². The highest BCUT2D eigenvalue weighted by Crippen LogP contribution is 2.59. The van der Waals surface area contributed by atoms with Crippen LogP contribution >= 0.6 is 0 Å². The lowest BCUT2D eigenvalue weighted by Crippen LogP contribution is -2.43. The molecule has 6 atom stereocenters. The number of ether oxygens (including phenoxy) is 1. The SMILES string of the molecule is C=C(C)C(=O)OC1(C2CC3CCC2C3)CC(C)C(CC)C1. The Balaban J connectivity index is 1.85. The van der Waals surface area contributed by atoms with Crippen LogP contribution in [0, 0.1) is 29.6 Å². The molecule has 21 heavy (non-hydrogen) atoms. The van der Waals surface area contributed by atoms with Crippen LogP contribution in [0.25, 0.3) is 0 Å². The third-order valence-electron chi connectivity index (χ3n) is 6.66. The molecule has 3 aliphatic carbocycles. The number of carbonyl (C=O) groups excluding carboxylic acids is 1. The molecule has 118 valence electrons. The Hall–Kier alpha value is -0.790. The van der Waals surface area contributed by atoms with Gasteiger partial charge in [0.1, 0.15) is 5.60 Å². The smallest absolute Gasteiger partial charge is 0.333 e. The monoisotopic (exact) mass is 290 g/mol. The number of fused-ring (bicyclic) bond motifs is 2. The van der Waals surface area contributed by atoms with Crippen LogP contribution in [-0.2, 0) is 9.53 Å². The molecule has 0 amide bonds. The average Bonchev–Trinajstić information content (AvgIpc) is 3.13. The molecule has 3 fully saturated rings. The predicted molar refractivity (Wildman–Crippen MR) is 84.8 cm³/mol. The first-order valence-corrected chi connectivity index (χ1v) is 8.84. The van der Waals surface area contributed by atoms with Crippen molar-refractivity contribution in [1.29, 1.82) is 0 Å². The zero-order valence-corrected chi connectivity index (χ0v) is 13.9. The highest BCUT2D eigenvalue weighted by Gasteiger charge is 2.57. The van der Waals surface area contributed by atoms with Crippen LogP contribution in [0.1, 0.15) is 65.7 Å². The Bertz CT molecular complexity index is 441. The van der Waals surface area contributed by atoms with Crippen molar-refractivity contribution in [3.05, 3.63) is 12.2 Å². The quantitative estimate of drug-likeness (QED) is 0.552. The highest BCUT2D eigenvalue weighted by atomic mass is 16.6. The average molecular weight is 290 g/mol. The standard InChI is InChI=1S/C19H30O2/c1-5-15-11-19(10-13(15)4,21-18(20)12(2)3)17-9-14-6-7-16(17)8-14/h13-17H,2,5-11H2,1,3-4H3. The first-order valence-electron chi connectivity index (χ1n) is 8.84. The summed E-state index contributed by atoms with van der Waals surface area (Å²) in [5.74, 6) is 3.53. The van der Waals surface area contributed by atoms with E-state index in [0.29, 0.717) is 23.3 Å². The summed E-state index contributed by atoms with van der Waals surface area (Å²) < 4.78 is 6.16. The van der Waals surface area contributed by atoms with Gasteiger partial charge in [0.15, 0.2) is 0 Å². The van der Waals surface area contributed by atoms with Gasteiger partial charge in [0.25, 0.3) is 0 Å². The topological polar surface area (TPSA) is 26.3 Å². The van der Waals surface area contributed by atoms with E-state index >= 15 is 0 Å². The summed E-state index contributed by atoms with van der Waals surface area (Å²) in [6.45, 7) is 10.2. The van der Waals surface area contributed by atoms with Gasteiger partial charge in [0, 0.05) is 11.5 Å². The summed E-state index contributed by atoms with van der Waals surface area (Å²) in [7, 11) is 0. The first kappa shape index (κ1) is 15.1. The van der Waals surface area contributed by atoms with Gasteiger partial charge in [-0.25, -0.2) is 4.79 Å². The molecule has 0 saturated heterocycles. The van der Waals surface area contributed by atoms with E-state index in [1.165, 1.54) is 32.1 Å². The van der Waals surface area contributed by atoms with E-state index in [2.05, 4.69) is 20.4 Å². The van der Waals surface area contributed by atoms with E-state index < -0.39 is 0 Å². The number of esters is 1. The predicted octanol–water partition coefficient (Wildman–Crippen LogP) is 4.74. The third-order valence-corrected chi connectivity index (χ3v) is 6.66. The summed E-state index contributed by atoms with van der Waals surface area (Å²) in [6.07, 6.45) is 8.77. The molecule has 6 unspecified atom stereocenters. The van der Waals surface area contributed by atoms with Crippen LogP contribution < -0.4 is 0 Å². The van der Waals surface area contributed by atoms with Crippen LogP contribution in [0.2, 0.25) is 0 Å².